The molecule has 0 spiro atoms. The van der Waals surface area contributed by atoms with Crippen LogP contribution in [-0.2, 0) is 17.6 Å². The van der Waals surface area contributed by atoms with Gasteiger partial charge in [-0.1, -0.05) is 0 Å². The van der Waals surface area contributed by atoms with Crippen molar-refractivity contribution in [3.8, 4) is 11.4 Å². The number of hydrogen-bond acceptors (Lipinski definition) is 4. The van der Waals surface area contributed by atoms with Crippen LogP contribution in [0, 0.1) is 0 Å². The Morgan fingerprint density at radius 3 is 2.57 bits per heavy atom. The van der Waals surface area contributed by atoms with Crippen LogP contribution in [0.25, 0.3) is 17.6 Å². The number of benzene rings is 1. The van der Waals surface area contributed by atoms with E-state index in [1.54, 1.807) is 19.0 Å². The van der Waals surface area contributed by atoms with Crippen LogP contribution in [0.4, 0.5) is 22.0 Å². The van der Waals surface area contributed by atoms with Crippen LogP contribution in [0.3, 0.4) is 0 Å². The summed E-state index contributed by atoms with van der Waals surface area (Å²) >= 11 is 0. The number of hydrogen-bond donors (Lipinski definition) is 0. The highest BCUT2D eigenvalue weighted by atomic mass is 19.4. The summed E-state index contributed by atoms with van der Waals surface area (Å²) in [6.07, 6.45) is -0.986. The summed E-state index contributed by atoms with van der Waals surface area (Å²) in [5.74, 6) is -0.469. The minimum Gasteiger partial charge on any atom is -0.332 e. The molecule has 0 bridgehead atoms. The zero-order valence-corrected chi connectivity index (χ0v) is 16.3. The number of carbonyl (C=O) groups is 1. The van der Waals surface area contributed by atoms with E-state index in [1.165, 1.54) is 29.6 Å². The van der Waals surface area contributed by atoms with Crippen molar-refractivity contribution in [1.82, 2.24) is 24.6 Å². The Balaban J connectivity index is 1.69. The number of aromatic nitrogens is 3. The average molecular weight is 429 g/mol. The van der Waals surface area contributed by atoms with E-state index in [-0.39, 0.29) is 36.6 Å². The lowest BCUT2D eigenvalue weighted by molar-refractivity contribution is -0.141. The molecule has 1 saturated heterocycles. The fourth-order valence-corrected chi connectivity index (χ4v) is 3.25. The number of alkyl halides is 5. The normalized spacial score (nSPS) is 16.3. The molecule has 6 nitrogen and oxygen atoms in total. The summed E-state index contributed by atoms with van der Waals surface area (Å²) in [7, 11) is 3.49. The molecule has 30 heavy (non-hydrogen) atoms. The quantitative estimate of drug-likeness (QED) is 0.523. The van der Waals surface area contributed by atoms with Crippen LogP contribution >= 0.6 is 0 Å². The van der Waals surface area contributed by atoms with E-state index in [2.05, 4.69) is 10.1 Å². The maximum Gasteiger partial charge on any atom is 0.416 e. The minimum atomic E-state index is -4.63. The fraction of sp³-hybridized carbons (Fsp3) is 0.421. The third-order valence-electron chi connectivity index (χ3n) is 4.47. The van der Waals surface area contributed by atoms with E-state index < -0.39 is 30.0 Å². The predicted octanol–water partition coefficient (Wildman–Crippen LogP) is 3.02. The van der Waals surface area contributed by atoms with Gasteiger partial charge < -0.3 is 9.80 Å². The topological polar surface area (TPSA) is 54.3 Å². The van der Waals surface area contributed by atoms with Gasteiger partial charge in [0.05, 0.1) is 18.7 Å². The smallest absolute Gasteiger partial charge is 0.332 e. The van der Waals surface area contributed by atoms with E-state index in [0.29, 0.717) is 0 Å². The van der Waals surface area contributed by atoms with Crippen LogP contribution < -0.4 is 0 Å². The first-order valence-electron chi connectivity index (χ1n) is 8.98. The molecule has 11 heteroatoms. The molecule has 0 N–H and O–H groups in total. The Bertz CT molecular complexity index is 947. The largest absolute Gasteiger partial charge is 0.416 e. The first-order valence-corrected chi connectivity index (χ1v) is 8.98. The fourth-order valence-electron chi connectivity index (χ4n) is 3.25. The number of amides is 1. The van der Waals surface area contributed by atoms with Crippen molar-refractivity contribution in [2.45, 2.75) is 18.5 Å². The number of carbonyl (C=O) groups excluding carboxylic acids is 1. The molecule has 1 aromatic carbocycles. The zero-order chi connectivity index (χ0) is 22.1. The van der Waals surface area contributed by atoms with Gasteiger partial charge in [0.25, 0.3) is 0 Å². The molecule has 0 aliphatic carbocycles. The molecule has 3 rings (SSSR count). The summed E-state index contributed by atoms with van der Waals surface area (Å²) in [5, 5.41) is 4.00. The van der Waals surface area contributed by atoms with Gasteiger partial charge in [-0.3, -0.25) is 4.79 Å². The van der Waals surface area contributed by atoms with Gasteiger partial charge in [-0.25, -0.2) is 18.4 Å². The van der Waals surface area contributed by atoms with E-state index in [4.69, 9.17) is 0 Å². The van der Waals surface area contributed by atoms with Crippen LogP contribution in [-0.4, -0.2) is 69.9 Å². The highest BCUT2D eigenvalue weighted by Gasteiger charge is 2.45. The predicted molar refractivity (Wildman–Crippen MR) is 99.6 cm³/mol. The molecular weight excluding hydrogens is 409 g/mol. The van der Waals surface area contributed by atoms with Crippen molar-refractivity contribution in [2.75, 3.05) is 33.7 Å². The molecule has 0 saturated carbocycles. The minimum absolute atomic E-state index is 0.00425. The lowest BCUT2D eigenvalue weighted by atomic mass is 9.95. The van der Waals surface area contributed by atoms with Crippen molar-refractivity contribution in [3.05, 3.63) is 41.7 Å². The molecule has 1 aliphatic heterocycles. The molecule has 0 atom stereocenters. The first kappa shape index (κ1) is 21.9. The van der Waals surface area contributed by atoms with E-state index in [9.17, 15) is 26.7 Å². The maximum atomic E-state index is 14.3. The molecular formula is C19H20F5N5O. The second-order valence-corrected chi connectivity index (χ2v) is 7.50. The van der Waals surface area contributed by atoms with Crippen LogP contribution in [0.2, 0.25) is 0 Å². The number of rotatable bonds is 6. The maximum absolute atomic E-state index is 14.3. The van der Waals surface area contributed by atoms with Crippen LogP contribution in [0.15, 0.2) is 30.6 Å². The standard InChI is InChI=1S/C19H20F5N5O/c1-27(2)9-18(21)10-28(11-18)16(30)3-4-29-12-25-17(26-29)14-5-13(8-20)6-15(7-14)19(22,23)24/h3-7,12H,8-11H2,1-2H3/b4-3-. The van der Waals surface area contributed by atoms with Gasteiger partial charge in [0.15, 0.2) is 11.5 Å². The second kappa shape index (κ2) is 8.13. The van der Waals surface area contributed by atoms with Crippen molar-refractivity contribution in [3.63, 3.8) is 0 Å². The molecule has 162 valence electrons. The summed E-state index contributed by atoms with van der Waals surface area (Å²) in [5.41, 5.74) is -2.58. The van der Waals surface area contributed by atoms with Crippen LogP contribution in [0.1, 0.15) is 11.1 Å². The Morgan fingerprint density at radius 1 is 1.27 bits per heavy atom. The van der Waals surface area contributed by atoms with Crippen molar-refractivity contribution < 1.29 is 26.7 Å². The van der Waals surface area contributed by atoms with E-state index >= 15 is 0 Å². The highest BCUT2D eigenvalue weighted by Crippen LogP contribution is 2.33. The first-order chi connectivity index (χ1) is 14.0. The summed E-state index contributed by atoms with van der Waals surface area (Å²) in [4.78, 5) is 19.1. The third-order valence-corrected chi connectivity index (χ3v) is 4.47. The Morgan fingerprint density at radius 2 is 1.97 bits per heavy atom. The molecule has 0 radical (unpaired) electrons. The van der Waals surface area contributed by atoms with Gasteiger partial charge in [0, 0.05) is 24.4 Å². The van der Waals surface area contributed by atoms with Crippen molar-refractivity contribution >= 4 is 12.1 Å². The van der Waals surface area contributed by atoms with Gasteiger partial charge in [-0.05, 0) is 37.9 Å². The van der Waals surface area contributed by atoms with Gasteiger partial charge in [-0.2, -0.15) is 13.2 Å². The molecule has 1 aromatic heterocycles. The lowest BCUT2D eigenvalue weighted by Crippen LogP contribution is -2.64. The monoisotopic (exact) mass is 429 g/mol. The van der Waals surface area contributed by atoms with E-state index in [0.717, 1.165) is 16.8 Å². The van der Waals surface area contributed by atoms with Gasteiger partial charge in [-0.15, -0.1) is 5.10 Å². The average Bonchev–Trinajstić information content (AvgIpc) is 3.11. The van der Waals surface area contributed by atoms with Gasteiger partial charge in [0.2, 0.25) is 5.91 Å². The molecule has 0 unspecified atom stereocenters. The molecule has 1 fully saturated rings. The molecule has 1 aliphatic rings. The Kier molecular flexibility index (Phi) is 5.93. The summed E-state index contributed by atoms with van der Waals surface area (Å²) in [6.45, 7) is -0.892. The van der Waals surface area contributed by atoms with Gasteiger partial charge in [0.1, 0.15) is 13.0 Å². The number of likely N-dealkylation sites (tertiary alicyclic amines) is 1. The van der Waals surface area contributed by atoms with Crippen LogP contribution in [0.5, 0.6) is 0 Å². The van der Waals surface area contributed by atoms with Crippen molar-refractivity contribution in [2.24, 2.45) is 0 Å². The number of halogens is 5. The molecule has 2 aromatic rings. The Hall–Kier alpha value is -2.82. The zero-order valence-electron chi connectivity index (χ0n) is 16.3. The summed E-state index contributed by atoms with van der Waals surface area (Å²) in [6, 6.07) is 2.79. The molecule has 2 heterocycles. The Labute approximate surface area is 169 Å². The third kappa shape index (κ3) is 5.02. The molecule has 1 amide bonds. The highest BCUT2D eigenvalue weighted by molar-refractivity contribution is 5.91. The van der Waals surface area contributed by atoms with Crippen molar-refractivity contribution in [1.29, 1.82) is 0 Å². The summed E-state index contributed by atoms with van der Waals surface area (Å²) < 4.78 is 67.4. The van der Waals surface area contributed by atoms with E-state index in [1.807, 2.05) is 0 Å². The lowest BCUT2D eigenvalue weighted by Gasteiger charge is -2.45. The number of nitrogens with zero attached hydrogens (tertiary/aromatic N) is 5. The SMILES string of the molecule is CN(C)CC1(F)CN(C(=O)/C=C\n2cnc(-c3cc(CF)cc(C(F)(F)F)c3)n2)C1. The van der Waals surface area contributed by atoms with Gasteiger partial charge >= 0.3 is 6.18 Å². The second-order valence-electron chi connectivity index (χ2n) is 7.50.